The van der Waals surface area contributed by atoms with E-state index in [1.165, 1.54) is 17.8 Å². The normalized spacial score (nSPS) is 11.2. The smallest absolute Gasteiger partial charge is 0.191 e. The number of nitrogens with one attached hydrogen (secondary N) is 1. The SMILES string of the molecule is Cn1c(SCc2ccccc2F)nnc1-c1c[nH]c2ccccc12. The molecule has 4 nitrogen and oxygen atoms in total. The Morgan fingerprint density at radius 2 is 1.88 bits per heavy atom. The molecule has 0 atom stereocenters. The van der Waals surface area contributed by atoms with Crippen molar-refractivity contribution in [2.75, 3.05) is 0 Å². The van der Waals surface area contributed by atoms with Crippen LogP contribution in [0.25, 0.3) is 22.3 Å². The Bertz CT molecular complexity index is 1010. The van der Waals surface area contributed by atoms with Crippen LogP contribution in [0.4, 0.5) is 4.39 Å². The van der Waals surface area contributed by atoms with Crippen molar-refractivity contribution in [1.29, 1.82) is 0 Å². The Morgan fingerprint density at radius 1 is 1.08 bits per heavy atom. The molecule has 0 aliphatic rings. The highest BCUT2D eigenvalue weighted by molar-refractivity contribution is 7.98. The number of aromatic amines is 1. The maximum atomic E-state index is 13.7. The van der Waals surface area contributed by atoms with Gasteiger partial charge in [-0.1, -0.05) is 48.2 Å². The molecule has 0 spiro atoms. The second kappa shape index (κ2) is 6.13. The number of para-hydroxylation sites is 1. The Morgan fingerprint density at radius 3 is 2.75 bits per heavy atom. The number of rotatable bonds is 4. The van der Waals surface area contributed by atoms with Crippen molar-refractivity contribution in [1.82, 2.24) is 19.7 Å². The third kappa shape index (κ3) is 2.59. The highest BCUT2D eigenvalue weighted by Gasteiger charge is 2.15. The van der Waals surface area contributed by atoms with Crippen LogP contribution in [0.3, 0.4) is 0 Å². The summed E-state index contributed by atoms with van der Waals surface area (Å²) in [7, 11) is 1.93. The standard InChI is InChI=1S/C18H15FN4S/c1-23-17(14-10-20-16-9-5-3-7-13(14)16)21-22-18(23)24-11-12-6-2-4-8-15(12)19/h2-10,20H,11H2,1H3. The fourth-order valence-electron chi connectivity index (χ4n) is 2.69. The van der Waals surface area contributed by atoms with E-state index >= 15 is 0 Å². The van der Waals surface area contributed by atoms with E-state index in [2.05, 4.69) is 21.2 Å². The first-order valence-corrected chi connectivity index (χ1v) is 8.54. The predicted molar refractivity (Wildman–Crippen MR) is 94.3 cm³/mol. The molecule has 0 saturated heterocycles. The molecule has 0 unspecified atom stereocenters. The number of nitrogens with zero attached hydrogens (tertiary/aromatic N) is 3. The zero-order valence-corrected chi connectivity index (χ0v) is 13.8. The second-order valence-corrected chi connectivity index (χ2v) is 6.44. The molecule has 0 aliphatic heterocycles. The highest BCUT2D eigenvalue weighted by Crippen LogP contribution is 2.30. The van der Waals surface area contributed by atoms with Crippen molar-refractivity contribution in [2.45, 2.75) is 10.9 Å². The molecule has 0 saturated carbocycles. The number of aromatic nitrogens is 4. The third-order valence-corrected chi connectivity index (χ3v) is 5.05. The zero-order valence-electron chi connectivity index (χ0n) is 13.0. The first-order valence-electron chi connectivity index (χ1n) is 7.56. The van der Waals surface area contributed by atoms with Crippen molar-refractivity contribution >= 4 is 22.7 Å². The van der Waals surface area contributed by atoms with Gasteiger partial charge < -0.3 is 9.55 Å². The first kappa shape index (κ1) is 15.0. The minimum Gasteiger partial charge on any atom is -0.360 e. The molecule has 0 fully saturated rings. The summed E-state index contributed by atoms with van der Waals surface area (Å²) in [5.41, 5.74) is 2.74. The van der Waals surface area contributed by atoms with Gasteiger partial charge in [-0.05, 0) is 17.7 Å². The van der Waals surface area contributed by atoms with E-state index in [0.717, 1.165) is 27.4 Å². The fourth-order valence-corrected chi connectivity index (χ4v) is 3.59. The Kier molecular flexibility index (Phi) is 3.82. The summed E-state index contributed by atoms with van der Waals surface area (Å²) in [5.74, 6) is 1.12. The number of hydrogen-bond donors (Lipinski definition) is 1. The summed E-state index contributed by atoms with van der Waals surface area (Å²) in [6, 6.07) is 14.9. The molecule has 2 aromatic carbocycles. The molecule has 4 aromatic rings. The highest BCUT2D eigenvalue weighted by atomic mass is 32.2. The maximum Gasteiger partial charge on any atom is 0.191 e. The lowest BCUT2D eigenvalue weighted by Gasteiger charge is -2.04. The predicted octanol–water partition coefficient (Wildman–Crippen LogP) is 4.39. The molecule has 0 aliphatic carbocycles. The van der Waals surface area contributed by atoms with Gasteiger partial charge in [0.15, 0.2) is 11.0 Å². The van der Waals surface area contributed by atoms with Crippen LogP contribution in [-0.2, 0) is 12.8 Å². The topological polar surface area (TPSA) is 46.5 Å². The summed E-state index contributed by atoms with van der Waals surface area (Å²) < 4.78 is 15.7. The van der Waals surface area contributed by atoms with Crippen molar-refractivity contribution < 1.29 is 4.39 Å². The van der Waals surface area contributed by atoms with E-state index in [1.807, 2.05) is 42.1 Å². The molecule has 24 heavy (non-hydrogen) atoms. The summed E-state index contributed by atoms with van der Waals surface area (Å²) in [6.07, 6.45) is 1.94. The lowest BCUT2D eigenvalue weighted by Crippen LogP contribution is -1.95. The number of H-pyrrole nitrogens is 1. The van der Waals surface area contributed by atoms with Crippen molar-refractivity contribution in [2.24, 2.45) is 7.05 Å². The molecule has 0 amide bonds. The van der Waals surface area contributed by atoms with Crippen LogP contribution in [0.1, 0.15) is 5.56 Å². The molecular weight excluding hydrogens is 323 g/mol. The van der Waals surface area contributed by atoms with Gasteiger partial charge in [0.1, 0.15) is 5.82 Å². The van der Waals surface area contributed by atoms with Gasteiger partial charge in [0.05, 0.1) is 0 Å². The van der Waals surface area contributed by atoms with E-state index < -0.39 is 0 Å². The average Bonchev–Trinajstić information content (AvgIpc) is 3.18. The van der Waals surface area contributed by atoms with Crippen LogP contribution in [-0.4, -0.2) is 19.7 Å². The third-order valence-electron chi connectivity index (χ3n) is 3.98. The zero-order chi connectivity index (χ0) is 16.5. The Balaban J connectivity index is 1.63. The van der Waals surface area contributed by atoms with Crippen LogP contribution < -0.4 is 0 Å². The molecule has 2 aromatic heterocycles. The Hall–Kier alpha value is -2.60. The van der Waals surface area contributed by atoms with Crippen LogP contribution in [0.5, 0.6) is 0 Å². The van der Waals surface area contributed by atoms with Crippen LogP contribution >= 0.6 is 11.8 Å². The van der Waals surface area contributed by atoms with Gasteiger partial charge in [-0.2, -0.15) is 0 Å². The number of fused-ring (bicyclic) bond motifs is 1. The van der Waals surface area contributed by atoms with E-state index in [1.54, 1.807) is 12.1 Å². The molecule has 4 rings (SSSR count). The maximum absolute atomic E-state index is 13.7. The second-order valence-electron chi connectivity index (χ2n) is 5.49. The molecule has 0 radical (unpaired) electrons. The van der Waals surface area contributed by atoms with Crippen LogP contribution in [0.2, 0.25) is 0 Å². The molecule has 6 heteroatoms. The molecule has 120 valence electrons. The summed E-state index contributed by atoms with van der Waals surface area (Å²) in [6.45, 7) is 0. The lowest BCUT2D eigenvalue weighted by atomic mass is 10.1. The summed E-state index contributed by atoms with van der Waals surface area (Å²) >= 11 is 1.48. The number of halogens is 1. The van der Waals surface area contributed by atoms with Crippen LogP contribution in [0, 0.1) is 5.82 Å². The monoisotopic (exact) mass is 338 g/mol. The van der Waals surface area contributed by atoms with E-state index in [0.29, 0.717) is 11.3 Å². The fraction of sp³-hybridized carbons (Fsp3) is 0.111. The van der Waals surface area contributed by atoms with Gasteiger partial charge in [0.2, 0.25) is 0 Å². The van der Waals surface area contributed by atoms with Gasteiger partial charge in [-0.15, -0.1) is 10.2 Å². The van der Waals surface area contributed by atoms with Crippen molar-refractivity contribution in [3.05, 3.63) is 66.1 Å². The van der Waals surface area contributed by atoms with Crippen molar-refractivity contribution in [3.8, 4) is 11.4 Å². The van der Waals surface area contributed by atoms with Crippen LogP contribution in [0.15, 0.2) is 59.9 Å². The summed E-state index contributed by atoms with van der Waals surface area (Å²) in [4.78, 5) is 3.25. The van der Waals surface area contributed by atoms with Gasteiger partial charge in [-0.3, -0.25) is 0 Å². The van der Waals surface area contributed by atoms with E-state index in [9.17, 15) is 4.39 Å². The van der Waals surface area contributed by atoms with Gasteiger partial charge in [-0.25, -0.2) is 4.39 Å². The number of benzene rings is 2. The van der Waals surface area contributed by atoms with E-state index in [-0.39, 0.29) is 5.82 Å². The average molecular weight is 338 g/mol. The van der Waals surface area contributed by atoms with Gasteiger partial charge in [0, 0.05) is 35.5 Å². The largest absolute Gasteiger partial charge is 0.360 e. The molecular formula is C18H15FN4S. The molecule has 0 bridgehead atoms. The van der Waals surface area contributed by atoms with Gasteiger partial charge >= 0.3 is 0 Å². The molecule has 2 heterocycles. The quantitative estimate of drug-likeness (QED) is 0.561. The molecule has 1 N–H and O–H groups in total. The number of thioether (sulfide) groups is 1. The number of hydrogen-bond acceptors (Lipinski definition) is 3. The minimum atomic E-state index is -0.191. The Labute approximate surface area is 142 Å². The lowest BCUT2D eigenvalue weighted by molar-refractivity contribution is 0.617. The summed E-state index contributed by atoms with van der Waals surface area (Å²) in [5, 5.41) is 10.5. The van der Waals surface area contributed by atoms with Crippen molar-refractivity contribution in [3.63, 3.8) is 0 Å². The van der Waals surface area contributed by atoms with E-state index in [4.69, 9.17) is 0 Å². The minimum absolute atomic E-state index is 0.191. The van der Waals surface area contributed by atoms with Gasteiger partial charge in [0.25, 0.3) is 0 Å². The first-order chi connectivity index (χ1) is 11.7.